The number of aliphatic hydroxyl groups excluding tert-OH is 1. The van der Waals surface area contributed by atoms with Gasteiger partial charge >= 0.3 is 0 Å². The van der Waals surface area contributed by atoms with Crippen molar-refractivity contribution in [2.75, 3.05) is 46.3 Å². The molecule has 1 saturated carbocycles. The predicted molar refractivity (Wildman–Crippen MR) is 195 cm³/mol. The Balaban J connectivity index is 1.80. The van der Waals surface area contributed by atoms with Gasteiger partial charge in [0.05, 0.1) is 24.8 Å². The van der Waals surface area contributed by atoms with Crippen molar-refractivity contribution in [3.8, 4) is 11.6 Å². The van der Waals surface area contributed by atoms with Crippen molar-refractivity contribution < 1.29 is 33.1 Å². The molecule has 13 heteroatoms. The van der Waals surface area contributed by atoms with E-state index in [0.717, 1.165) is 31.2 Å². The van der Waals surface area contributed by atoms with Crippen molar-refractivity contribution in [1.82, 2.24) is 15.0 Å². The Kier molecular flexibility index (Phi) is 10.5. The van der Waals surface area contributed by atoms with Crippen LogP contribution < -0.4 is 14.4 Å². The molecule has 11 nitrogen and oxygen atoms in total. The number of carbonyl (C=O) groups is 2. The van der Waals surface area contributed by atoms with E-state index >= 15 is 9.59 Å². The minimum Gasteiger partial charge on any atom is -0.507 e. The zero-order chi connectivity index (χ0) is 36.2. The van der Waals surface area contributed by atoms with Gasteiger partial charge < -0.3 is 28.4 Å². The highest BCUT2D eigenvalue weighted by Crippen LogP contribution is 2.59. The standard InChI is InChI=1S/C36H53BrN4O7Si/c1-12-14-16-45-29-24-21(33(41(8)9)38-32(29)37)18-20-19-22-26(40(6)7)28-25(34(39-47-28)46-17-15-13-2)31(44)36(22,30(43)23(20)27(24)42)48-49(10,11)35(3,4)5/h20,22,26,42H,12-19H2,1-11H3/t20-,22-,26-,36-/m0/s1. The van der Waals surface area contributed by atoms with E-state index in [9.17, 15) is 5.11 Å². The molecule has 270 valence electrons. The van der Waals surface area contributed by atoms with Gasteiger partial charge in [0.15, 0.2) is 30.0 Å². The van der Waals surface area contributed by atoms with Gasteiger partial charge in [0.2, 0.25) is 11.6 Å². The van der Waals surface area contributed by atoms with Crippen molar-refractivity contribution >= 4 is 47.4 Å². The van der Waals surface area contributed by atoms with Gasteiger partial charge in [-0.3, -0.25) is 14.5 Å². The third kappa shape index (κ3) is 6.16. The highest BCUT2D eigenvalue weighted by atomic mass is 79.9. The number of unbranched alkanes of at least 4 members (excludes halogenated alkanes) is 2. The largest absolute Gasteiger partial charge is 0.507 e. The highest BCUT2D eigenvalue weighted by Gasteiger charge is 2.69. The normalized spacial score (nSPS) is 23.7. The molecule has 0 bridgehead atoms. The molecule has 2 aromatic heterocycles. The van der Waals surface area contributed by atoms with Crippen LogP contribution in [0.4, 0.5) is 5.82 Å². The van der Waals surface area contributed by atoms with Gasteiger partial charge in [0.1, 0.15) is 17.1 Å². The van der Waals surface area contributed by atoms with Crippen LogP contribution in [0.2, 0.25) is 18.1 Å². The minimum absolute atomic E-state index is 0.0799. The van der Waals surface area contributed by atoms with Crippen LogP contribution in [0.1, 0.15) is 100 Å². The van der Waals surface area contributed by atoms with E-state index in [0.29, 0.717) is 53.5 Å². The molecule has 1 fully saturated rings. The molecule has 0 aromatic carbocycles. The molecule has 1 N–H and O–H groups in total. The maximum absolute atomic E-state index is 15.6. The predicted octanol–water partition coefficient (Wildman–Crippen LogP) is 7.55. The summed E-state index contributed by atoms with van der Waals surface area (Å²) in [5, 5.41) is 16.3. The summed E-state index contributed by atoms with van der Waals surface area (Å²) in [7, 11) is 4.80. The highest BCUT2D eigenvalue weighted by molar-refractivity contribution is 9.10. The maximum atomic E-state index is 15.6. The fourth-order valence-electron chi connectivity index (χ4n) is 7.26. The number of rotatable bonds is 12. The lowest BCUT2D eigenvalue weighted by Crippen LogP contribution is -2.68. The second-order valence-corrected chi connectivity index (χ2v) is 21.1. The lowest BCUT2D eigenvalue weighted by molar-refractivity contribution is -0.140. The van der Waals surface area contributed by atoms with Gasteiger partial charge in [-0.1, -0.05) is 47.5 Å². The van der Waals surface area contributed by atoms with E-state index in [1.165, 1.54) is 0 Å². The van der Waals surface area contributed by atoms with Crippen molar-refractivity contribution in [2.24, 2.45) is 11.8 Å². The molecular weight excluding hydrogens is 708 g/mol. The Morgan fingerprint density at radius 1 is 1.02 bits per heavy atom. The molecule has 49 heavy (non-hydrogen) atoms. The van der Waals surface area contributed by atoms with Crippen LogP contribution in [0.5, 0.6) is 11.6 Å². The van der Waals surface area contributed by atoms with Crippen molar-refractivity contribution in [3.63, 3.8) is 0 Å². The fourth-order valence-corrected chi connectivity index (χ4v) is 9.19. The van der Waals surface area contributed by atoms with Crippen molar-refractivity contribution in [2.45, 2.75) is 103 Å². The SMILES string of the molecule is CCCCOc1noc2c1C(=O)[C@@]1(O[Si](C)(C)C(C)(C)C)C(=O)C3=C(O)c4c(c(N(C)C)nc(Br)c4OCCCC)C[C@H]3C[C@H]1[C@@H]2N(C)C. The second-order valence-electron chi connectivity index (χ2n) is 15.6. The quantitative estimate of drug-likeness (QED) is 0.0998. The molecule has 0 spiro atoms. The first kappa shape index (κ1) is 37.5. The van der Waals surface area contributed by atoms with E-state index < -0.39 is 43.4 Å². The molecule has 0 radical (unpaired) electrons. The van der Waals surface area contributed by atoms with Gasteiger partial charge in [0, 0.05) is 31.1 Å². The van der Waals surface area contributed by atoms with E-state index in [1.807, 2.05) is 51.1 Å². The average molecular weight is 762 g/mol. The van der Waals surface area contributed by atoms with Gasteiger partial charge in [-0.2, -0.15) is 0 Å². The Labute approximate surface area is 300 Å². The Hall–Kier alpha value is -2.74. The number of fused-ring (bicyclic) bond motifs is 4. The molecule has 0 saturated heterocycles. The molecule has 3 aliphatic rings. The first-order chi connectivity index (χ1) is 22.9. The van der Waals surface area contributed by atoms with Crippen LogP contribution in [0.3, 0.4) is 0 Å². The Morgan fingerprint density at radius 2 is 1.65 bits per heavy atom. The third-order valence-corrected chi connectivity index (χ3v) is 15.8. The Morgan fingerprint density at radius 3 is 2.22 bits per heavy atom. The lowest BCUT2D eigenvalue weighted by atomic mass is 9.57. The number of hydrogen-bond acceptors (Lipinski definition) is 11. The first-order valence-corrected chi connectivity index (χ1v) is 21.2. The van der Waals surface area contributed by atoms with E-state index in [4.69, 9.17) is 23.4 Å². The first-order valence-electron chi connectivity index (χ1n) is 17.5. The lowest BCUT2D eigenvalue weighted by Gasteiger charge is -2.55. The molecule has 0 unspecified atom stereocenters. The number of hydrogen-bond donors (Lipinski definition) is 1. The number of Topliss-reactive ketones (excluding diaryl/α,β-unsaturated/α-hetero) is 2. The molecule has 2 aromatic rings. The zero-order valence-corrected chi connectivity index (χ0v) is 33.5. The summed E-state index contributed by atoms with van der Waals surface area (Å²) >= 11 is 3.59. The number of ether oxygens (including phenoxy) is 2. The van der Waals surface area contributed by atoms with E-state index in [2.05, 4.69) is 55.7 Å². The number of halogens is 1. The maximum Gasteiger partial charge on any atom is 0.265 e. The van der Waals surface area contributed by atoms with Crippen LogP contribution >= 0.6 is 15.9 Å². The van der Waals surface area contributed by atoms with Crippen molar-refractivity contribution in [1.29, 1.82) is 0 Å². The zero-order valence-electron chi connectivity index (χ0n) is 31.0. The summed E-state index contributed by atoms with van der Waals surface area (Å²) in [6.45, 7) is 15.3. The van der Waals surface area contributed by atoms with Gasteiger partial charge in [0.25, 0.3) is 5.88 Å². The minimum atomic E-state index is -2.83. The number of pyridine rings is 1. The van der Waals surface area contributed by atoms with Crippen LogP contribution in [-0.4, -0.2) is 87.0 Å². The molecular formula is C36H53BrN4O7Si. The number of nitrogens with zero attached hydrogens (tertiary/aromatic N) is 4. The summed E-state index contributed by atoms with van der Waals surface area (Å²) in [4.78, 5) is 39.5. The molecule has 3 aliphatic carbocycles. The van der Waals surface area contributed by atoms with Gasteiger partial charge in [-0.05, 0) is 84.9 Å². The topological polar surface area (TPSA) is 127 Å². The molecule has 5 rings (SSSR count). The monoisotopic (exact) mass is 760 g/mol. The average Bonchev–Trinajstić information content (AvgIpc) is 3.42. The number of aliphatic hydroxyl groups is 1. The smallest absolute Gasteiger partial charge is 0.265 e. The van der Waals surface area contributed by atoms with Crippen LogP contribution in [0.15, 0.2) is 14.7 Å². The Bertz CT molecular complexity index is 1650. The number of aromatic nitrogens is 2. The summed E-state index contributed by atoms with van der Waals surface area (Å²) in [6, 6.07) is -0.521. The molecule has 4 atom stereocenters. The van der Waals surface area contributed by atoms with E-state index in [-0.39, 0.29) is 27.8 Å². The molecule has 2 heterocycles. The fraction of sp³-hybridized carbons (Fsp3) is 0.667. The van der Waals surface area contributed by atoms with Gasteiger partial charge in [-0.15, -0.1) is 0 Å². The molecule has 0 amide bonds. The van der Waals surface area contributed by atoms with Crippen LogP contribution in [0.25, 0.3) is 5.76 Å². The second kappa shape index (κ2) is 13.8. The summed E-state index contributed by atoms with van der Waals surface area (Å²) < 4.78 is 25.9. The van der Waals surface area contributed by atoms with Crippen LogP contribution in [-0.2, 0) is 15.6 Å². The summed E-state index contributed by atoms with van der Waals surface area (Å²) in [5.41, 5.74) is -0.354. The van der Waals surface area contributed by atoms with Crippen LogP contribution in [0, 0.1) is 11.8 Å². The van der Waals surface area contributed by atoms with Gasteiger partial charge in [-0.25, -0.2) is 4.98 Å². The number of ketones is 2. The molecule has 0 aliphatic heterocycles. The third-order valence-electron chi connectivity index (χ3n) is 10.8. The van der Waals surface area contributed by atoms with E-state index in [1.54, 1.807) is 0 Å². The summed E-state index contributed by atoms with van der Waals surface area (Å²) in [6.07, 6.45) is 4.21. The number of anilines is 1. The summed E-state index contributed by atoms with van der Waals surface area (Å²) in [5.74, 6) is -0.722. The van der Waals surface area contributed by atoms with Crippen molar-refractivity contribution in [3.05, 3.63) is 32.6 Å². The number of carbonyl (C=O) groups excluding carboxylic acids is 2.